The summed E-state index contributed by atoms with van der Waals surface area (Å²) in [6, 6.07) is 12.7. The van der Waals surface area contributed by atoms with Crippen LogP contribution in [0.4, 0.5) is 11.4 Å². The van der Waals surface area contributed by atoms with Gasteiger partial charge in [-0.2, -0.15) is 8.42 Å². The normalized spacial score (nSPS) is 12.1. The van der Waals surface area contributed by atoms with E-state index < -0.39 is 10.1 Å². The van der Waals surface area contributed by atoms with Crippen molar-refractivity contribution >= 4 is 43.9 Å². The van der Waals surface area contributed by atoms with Crippen LogP contribution in [0.25, 0.3) is 10.8 Å². The molecule has 0 spiro atoms. The number of azo groups is 1. The minimum absolute atomic E-state index is 0.0738. The maximum atomic E-state index is 11.6. The highest BCUT2D eigenvalue weighted by atomic mass is 35.5. The number of phenolic OH excluding ortho intramolecular Hbond substituents is 1. The lowest BCUT2D eigenvalue weighted by Gasteiger charge is -2.06. The molecule has 0 bridgehead atoms. The zero-order chi connectivity index (χ0) is 18.2. The number of hydrogen-bond acceptors (Lipinski definition) is 5. The Morgan fingerprint density at radius 1 is 0.960 bits per heavy atom. The Balaban J connectivity index is 2.16. The van der Waals surface area contributed by atoms with Crippen LogP contribution in [0.5, 0.6) is 5.75 Å². The fourth-order valence-corrected chi connectivity index (χ4v) is 3.24. The molecule has 0 atom stereocenters. The number of benzene rings is 3. The van der Waals surface area contributed by atoms with E-state index in [4.69, 9.17) is 11.6 Å². The average molecular weight is 377 g/mol. The maximum absolute atomic E-state index is 11.6. The van der Waals surface area contributed by atoms with E-state index in [-0.39, 0.29) is 16.3 Å². The Bertz CT molecular complexity index is 1110. The second-order valence-electron chi connectivity index (χ2n) is 5.39. The van der Waals surface area contributed by atoms with Crippen molar-refractivity contribution in [3.8, 4) is 5.75 Å². The zero-order valence-corrected chi connectivity index (χ0v) is 14.6. The first-order valence-electron chi connectivity index (χ1n) is 7.17. The number of fused-ring (bicyclic) bond motifs is 1. The standard InChI is InChI=1S/C17H13ClN2O4S/c1-10-8-17(25(22,23)24)15(9-13(10)18)20-19-14-6-7-16(21)12-5-3-2-4-11(12)14/h2-9,21H,1H3,(H,22,23,24). The molecule has 0 radical (unpaired) electrons. The number of phenols is 1. The van der Waals surface area contributed by atoms with Gasteiger partial charge in [-0.15, -0.1) is 10.2 Å². The van der Waals surface area contributed by atoms with Crippen LogP contribution in [0.2, 0.25) is 5.02 Å². The quantitative estimate of drug-likeness (QED) is 0.486. The van der Waals surface area contributed by atoms with Crippen molar-refractivity contribution in [3.05, 3.63) is 59.1 Å². The predicted octanol–water partition coefficient (Wildman–Crippen LogP) is 5.17. The molecular weight excluding hydrogens is 364 g/mol. The van der Waals surface area contributed by atoms with Crippen molar-refractivity contribution < 1.29 is 18.1 Å². The highest BCUT2D eigenvalue weighted by molar-refractivity contribution is 7.86. The van der Waals surface area contributed by atoms with Gasteiger partial charge in [-0.3, -0.25) is 4.55 Å². The monoisotopic (exact) mass is 376 g/mol. The highest BCUT2D eigenvalue weighted by Crippen LogP contribution is 2.35. The van der Waals surface area contributed by atoms with Crippen LogP contribution in [0, 0.1) is 6.92 Å². The molecule has 0 amide bonds. The lowest BCUT2D eigenvalue weighted by Crippen LogP contribution is -1.99. The van der Waals surface area contributed by atoms with Crippen LogP contribution < -0.4 is 0 Å². The number of aromatic hydroxyl groups is 1. The second-order valence-corrected chi connectivity index (χ2v) is 7.19. The molecule has 0 aliphatic rings. The summed E-state index contributed by atoms with van der Waals surface area (Å²) < 4.78 is 32.5. The highest BCUT2D eigenvalue weighted by Gasteiger charge is 2.17. The van der Waals surface area contributed by atoms with Crippen LogP contribution in [-0.2, 0) is 10.1 Å². The summed E-state index contributed by atoms with van der Waals surface area (Å²) in [5, 5.41) is 19.5. The van der Waals surface area contributed by atoms with Crippen molar-refractivity contribution in [2.24, 2.45) is 10.2 Å². The number of aryl methyl sites for hydroxylation is 1. The Morgan fingerprint density at radius 2 is 1.60 bits per heavy atom. The summed E-state index contributed by atoms with van der Waals surface area (Å²) in [6.45, 7) is 1.62. The molecule has 3 aromatic carbocycles. The van der Waals surface area contributed by atoms with E-state index in [0.29, 0.717) is 27.0 Å². The molecule has 25 heavy (non-hydrogen) atoms. The van der Waals surface area contributed by atoms with Crippen molar-refractivity contribution in [1.82, 2.24) is 0 Å². The van der Waals surface area contributed by atoms with Gasteiger partial charge in [0.2, 0.25) is 0 Å². The Labute approximate surface area is 149 Å². The Kier molecular flexibility index (Phi) is 4.47. The third-order valence-electron chi connectivity index (χ3n) is 3.66. The van der Waals surface area contributed by atoms with Gasteiger partial charge in [0.25, 0.3) is 10.1 Å². The van der Waals surface area contributed by atoms with E-state index in [0.717, 1.165) is 0 Å². The van der Waals surface area contributed by atoms with Crippen molar-refractivity contribution in [3.63, 3.8) is 0 Å². The summed E-state index contributed by atoms with van der Waals surface area (Å²) in [6.07, 6.45) is 0. The average Bonchev–Trinajstić information content (AvgIpc) is 2.56. The topological polar surface area (TPSA) is 99.3 Å². The van der Waals surface area contributed by atoms with Crippen LogP contribution >= 0.6 is 11.6 Å². The van der Waals surface area contributed by atoms with Crippen LogP contribution in [0.3, 0.4) is 0 Å². The SMILES string of the molecule is Cc1cc(S(=O)(=O)O)c(N=Nc2ccc(O)c3ccccc23)cc1Cl. The van der Waals surface area contributed by atoms with Gasteiger partial charge < -0.3 is 5.11 Å². The smallest absolute Gasteiger partial charge is 0.296 e. The minimum Gasteiger partial charge on any atom is -0.507 e. The van der Waals surface area contributed by atoms with E-state index in [1.165, 1.54) is 18.2 Å². The summed E-state index contributed by atoms with van der Waals surface area (Å²) in [5.74, 6) is 0.103. The lowest BCUT2D eigenvalue weighted by atomic mass is 10.1. The van der Waals surface area contributed by atoms with E-state index in [1.807, 2.05) is 0 Å². The van der Waals surface area contributed by atoms with E-state index >= 15 is 0 Å². The van der Waals surface area contributed by atoms with E-state index in [2.05, 4.69) is 10.2 Å². The fourth-order valence-electron chi connectivity index (χ4n) is 2.39. The van der Waals surface area contributed by atoms with E-state index in [1.54, 1.807) is 37.3 Å². The Morgan fingerprint density at radius 3 is 2.28 bits per heavy atom. The molecule has 0 aromatic heterocycles. The molecule has 128 valence electrons. The lowest BCUT2D eigenvalue weighted by molar-refractivity contribution is 0.481. The van der Waals surface area contributed by atoms with Gasteiger partial charge in [0.1, 0.15) is 16.3 Å². The summed E-state index contributed by atoms with van der Waals surface area (Å²) in [7, 11) is -4.48. The van der Waals surface area contributed by atoms with Gasteiger partial charge in [0, 0.05) is 15.8 Å². The molecule has 6 nitrogen and oxygen atoms in total. The predicted molar refractivity (Wildman–Crippen MR) is 95.8 cm³/mol. The summed E-state index contributed by atoms with van der Waals surface area (Å²) >= 11 is 6.02. The van der Waals surface area contributed by atoms with E-state index in [9.17, 15) is 18.1 Å². The van der Waals surface area contributed by atoms with Gasteiger partial charge >= 0.3 is 0 Å². The molecule has 0 aliphatic carbocycles. The maximum Gasteiger partial charge on any atom is 0.296 e. The molecule has 3 aromatic rings. The van der Waals surface area contributed by atoms with Gasteiger partial charge in [-0.1, -0.05) is 35.9 Å². The molecule has 3 rings (SSSR count). The second kappa shape index (κ2) is 6.44. The fraction of sp³-hybridized carbons (Fsp3) is 0.0588. The van der Waals surface area contributed by atoms with Crippen molar-refractivity contribution in [1.29, 1.82) is 0 Å². The van der Waals surface area contributed by atoms with Gasteiger partial charge in [0.15, 0.2) is 0 Å². The van der Waals surface area contributed by atoms with Crippen molar-refractivity contribution in [2.45, 2.75) is 11.8 Å². The third kappa shape index (κ3) is 3.48. The van der Waals surface area contributed by atoms with Crippen molar-refractivity contribution in [2.75, 3.05) is 0 Å². The first-order valence-corrected chi connectivity index (χ1v) is 8.99. The molecule has 0 aliphatic heterocycles. The molecule has 0 unspecified atom stereocenters. The van der Waals surface area contributed by atoms with Crippen LogP contribution in [0.15, 0.2) is 63.7 Å². The molecule has 0 saturated heterocycles. The number of rotatable bonds is 3. The third-order valence-corrected chi connectivity index (χ3v) is 4.95. The Hall–Kier alpha value is -2.48. The zero-order valence-electron chi connectivity index (χ0n) is 13.0. The molecule has 0 saturated carbocycles. The first kappa shape index (κ1) is 17.3. The van der Waals surface area contributed by atoms with Gasteiger partial charge in [-0.25, -0.2) is 0 Å². The van der Waals surface area contributed by atoms with Gasteiger partial charge in [0.05, 0.1) is 5.69 Å². The first-order chi connectivity index (χ1) is 11.8. The minimum atomic E-state index is -4.48. The van der Waals surface area contributed by atoms with Gasteiger partial charge in [-0.05, 0) is 36.8 Å². The number of hydrogen-bond donors (Lipinski definition) is 2. The molecule has 0 fully saturated rings. The largest absolute Gasteiger partial charge is 0.507 e. The summed E-state index contributed by atoms with van der Waals surface area (Å²) in [4.78, 5) is -0.374. The number of nitrogens with zero attached hydrogens (tertiary/aromatic N) is 2. The molecule has 2 N–H and O–H groups in total. The number of halogens is 1. The summed E-state index contributed by atoms with van der Waals surface area (Å²) in [5.41, 5.74) is 0.852. The molecular formula is C17H13ClN2O4S. The van der Waals surface area contributed by atoms with Crippen LogP contribution in [0.1, 0.15) is 5.56 Å². The molecule has 0 heterocycles. The molecule has 8 heteroatoms. The van der Waals surface area contributed by atoms with Crippen LogP contribution in [-0.4, -0.2) is 18.1 Å².